The first-order valence-electron chi connectivity index (χ1n) is 8.51. The number of nitrogens with two attached hydrogens (primary N) is 1. The van der Waals surface area contributed by atoms with Crippen molar-refractivity contribution in [1.29, 1.82) is 0 Å². The van der Waals surface area contributed by atoms with Crippen LogP contribution >= 0.6 is 0 Å². The number of hydrogen-bond acceptors (Lipinski definition) is 12. The third-order valence-electron chi connectivity index (χ3n) is 3.41. The summed E-state index contributed by atoms with van der Waals surface area (Å²) in [6.07, 6.45) is -3.72. The molecule has 0 aliphatic carbocycles. The Morgan fingerprint density at radius 3 is 2.03 bits per heavy atom. The molecule has 0 aliphatic heterocycles. The van der Waals surface area contributed by atoms with Crippen LogP contribution in [0.5, 0.6) is 11.5 Å². The van der Waals surface area contributed by atoms with Crippen LogP contribution in [0.2, 0.25) is 0 Å². The van der Waals surface area contributed by atoms with Crippen molar-refractivity contribution in [1.82, 2.24) is 0 Å². The molecule has 0 unspecified atom stereocenters. The molecule has 0 aliphatic rings. The molecule has 0 saturated carbocycles. The van der Waals surface area contributed by atoms with E-state index >= 15 is 0 Å². The molecule has 0 aromatic heterocycles. The van der Waals surface area contributed by atoms with Gasteiger partial charge in [-0.2, -0.15) is 0 Å². The summed E-state index contributed by atoms with van der Waals surface area (Å²) in [5, 5.41) is 0. The molecule has 0 heterocycles. The summed E-state index contributed by atoms with van der Waals surface area (Å²) in [5.41, 5.74) is 6.30. The first kappa shape index (κ1) is 24.5. The van der Waals surface area contributed by atoms with E-state index in [1.54, 1.807) is 0 Å². The van der Waals surface area contributed by atoms with Crippen molar-refractivity contribution in [2.24, 2.45) is 5.73 Å². The van der Waals surface area contributed by atoms with E-state index in [2.05, 4.69) is 14.2 Å². The summed E-state index contributed by atoms with van der Waals surface area (Å²) in [6.45, 7) is 1.29. The van der Waals surface area contributed by atoms with Crippen LogP contribution in [0.15, 0.2) is 18.2 Å². The average molecular weight is 429 g/mol. The highest BCUT2D eigenvalue weighted by Crippen LogP contribution is 2.29. The van der Waals surface area contributed by atoms with Crippen molar-refractivity contribution in [3.63, 3.8) is 0 Å². The summed E-state index contributed by atoms with van der Waals surface area (Å²) in [5.74, 6) is -1.01. The zero-order valence-electron chi connectivity index (χ0n) is 16.9. The van der Waals surface area contributed by atoms with Crippen LogP contribution in [0.1, 0.15) is 12.5 Å². The van der Waals surface area contributed by atoms with Crippen molar-refractivity contribution >= 4 is 24.4 Å². The Bertz CT molecular complexity index is 764. The van der Waals surface area contributed by atoms with Crippen LogP contribution in [0.4, 0.5) is 14.4 Å². The lowest BCUT2D eigenvalue weighted by molar-refractivity contribution is -0.148. The van der Waals surface area contributed by atoms with E-state index in [0.29, 0.717) is 5.56 Å². The van der Waals surface area contributed by atoms with E-state index in [-0.39, 0.29) is 24.5 Å². The predicted octanol–water partition coefficient (Wildman–Crippen LogP) is 1.56. The van der Waals surface area contributed by atoms with Gasteiger partial charge >= 0.3 is 24.4 Å². The van der Waals surface area contributed by atoms with E-state index in [4.69, 9.17) is 24.7 Å². The van der Waals surface area contributed by atoms with Crippen molar-refractivity contribution in [3.05, 3.63) is 23.8 Å². The van der Waals surface area contributed by atoms with E-state index in [0.717, 1.165) is 21.3 Å². The van der Waals surface area contributed by atoms with Crippen LogP contribution in [0, 0.1) is 0 Å². The molecule has 166 valence electrons. The van der Waals surface area contributed by atoms with Gasteiger partial charge in [0.1, 0.15) is 18.8 Å². The van der Waals surface area contributed by atoms with Gasteiger partial charge in [0.25, 0.3) is 0 Å². The van der Waals surface area contributed by atoms with E-state index in [1.165, 1.54) is 25.1 Å². The molecule has 0 bridgehead atoms. The molecule has 0 radical (unpaired) electrons. The van der Waals surface area contributed by atoms with Gasteiger partial charge in [-0.25, -0.2) is 14.4 Å². The lowest BCUT2D eigenvalue weighted by Gasteiger charge is -2.16. The fourth-order valence-electron chi connectivity index (χ4n) is 2.00. The number of methoxy groups -OCH3 is 3. The standard InChI is InChI=1S/C18H23NO11/c1-10(28-16(21)24-2)9-27-15(20)12(19)7-11-5-6-13(29-17(22)25-3)14(8-11)30-18(23)26-4/h5-6,8,10,12H,7,9,19H2,1-4H3/t10-,12-/m0/s1. The Hall–Kier alpha value is -3.54. The van der Waals surface area contributed by atoms with E-state index in [9.17, 15) is 19.2 Å². The summed E-state index contributed by atoms with van der Waals surface area (Å²) in [4.78, 5) is 45.8. The fourth-order valence-corrected chi connectivity index (χ4v) is 2.00. The highest BCUT2D eigenvalue weighted by molar-refractivity contribution is 5.76. The van der Waals surface area contributed by atoms with Gasteiger partial charge < -0.3 is 38.9 Å². The smallest absolute Gasteiger partial charge is 0.461 e. The minimum absolute atomic E-state index is 0.00110. The minimum Gasteiger partial charge on any atom is -0.461 e. The predicted molar refractivity (Wildman–Crippen MR) is 98.1 cm³/mol. The maximum absolute atomic E-state index is 12.1. The molecule has 1 aromatic rings. The molecular weight excluding hydrogens is 406 g/mol. The SMILES string of the molecule is COC(=O)Oc1ccc(C[C@H](N)C(=O)OC[C@H](C)OC(=O)OC)cc1OC(=O)OC. The molecule has 12 heteroatoms. The third kappa shape index (κ3) is 8.22. The van der Waals surface area contributed by atoms with E-state index in [1.807, 2.05) is 0 Å². The van der Waals surface area contributed by atoms with Gasteiger partial charge in [-0.15, -0.1) is 0 Å². The van der Waals surface area contributed by atoms with Gasteiger partial charge in [-0.1, -0.05) is 6.07 Å². The Labute approximate surface area is 172 Å². The molecule has 0 saturated heterocycles. The molecule has 0 spiro atoms. The number of benzene rings is 1. The zero-order valence-corrected chi connectivity index (χ0v) is 16.9. The largest absolute Gasteiger partial charge is 0.513 e. The molecule has 12 nitrogen and oxygen atoms in total. The number of hydrogen-bond donors (Lipinski definition) is 1. The van der Waals surface area contributed by atoms with Crippen LogP contribution in [0.3, 0.4) is 0 Å². The molecular formula is C18H23NO11. The van der Waals surface area contributed by atoms with Crippen LogP contribution in [0.25, 0.3) is 0 Å². The number of rotatable bonds is 8. The Morgan fingerprint density at radius 2 is 1.47 bits per heavy atom. The summed E-state index contributed by atoms with van der Waals surface area (Å²) in [6, 6.07) is 3.09. The number of carbonyl (C=O) groups is 4. The van der Waals surface area contributed by atoms with Gasteiger partial charge in [0.15, 0.2) is 11.5 Å². The maximum Gasteiger partial charge on any atom is 0.513 e. The first-order chi connectivity index (χ1) is 14.2. The van der Waals surface area contributed by atoms with Crippen LogP contribution in [-0.4, -0.2) is 64.5 Å². The minimum atomic E-state index is -1.08. The first-order valence-corrected chi connectivity index (χ1v) is 8.51. The Morgan fingerprint density at radius 1 is 0.900 bits per heavy atom. The summed E-state index contributed by atoms with van der Waals surface area (Å²) in [7, 11) is 3.36. The number of esters is 1. The second kappa shape index (κ2) is 12.1. The quantitative estimate of drug-likeness (QED) is 0.361. The van der Waals surface area contributed by atoms with Gasteiger partial charge in [0.05, 0.1) is 21.3 Å². The molecule has 0 amide bonds. The highest BCUT2D eigenvalue weighted by atomic mass is 16.7. The Balaban J connectivity index is 2.79. The Kier molecular flexibility index (Phi) is 9.89. The van der Waals surface area contributed by atoms with Crippen molar-refractivity contribution in [3.8, 4) is 11.5 Å². The van der Waals surface area contributed by atoms with Gasteiger partial charge in [0, 0.05) is 0 Å². The number of carbonyl (C=O) groups excluding carboxylic acids is 4. The molecule has 30 heavy (non-hydrogen) atoms. The van der Waals surface area contributed by atoms with Gasteiger partial charge in [0.2, 0.25) is 0 Å². The lowest BCUT2D eigenvalue weighted by atomic mass is 10.1. The highest BCUT2D eigenvalue weighted by Gasteiger charge is 2.21. The molecule has 0 fully saturated rings. The van der Waals surface area contributed by atoms with Gasteiger partial charge in [-0.3, -0.25) is 4.79 Å². The molecule has 2 N–H and O–H groups in total. The molecule has 1 aromatic carbocycles. The summed E-state index contributed by atoms with van der Waals surface area (Å²) >= 11 is 0. The summed E-state index contributed by atoms with van der Waals surface area (Å²) < 4.78 is 32.7. The van der Waals surface area contributed by atoms with E-state index < -0.39 is 36.6 Å². The lowest BCUT2D eigenvalue weighted by Crippen LogP contribution is -2.36. The van der Waals surface area contributed by atoms with Crippen molar-refractivity contribution in [2.45, 2.75) is 25.5 Å². The number of ether oxygens (including phenoxy) is 7. The van der Waals surface area contributed by atoms with Crippen molar-refractivity contribution < 1.29 is 52.3 Å². The second-order valence-electron chi connectivity index (χ2n) is 5.72. The third-order valence-corrected chi connectivity index (χ3v) is 3.41. The zero-order chi connectivity index (χ0) is 22.7. The monoisotopic (exact) mass is 429 g/mol. The van der Waals surface area contributed by atoms with Gasteiger partial charge in [-0.05, 0) is 31.0 Å². The van der Waals surface area contributed by atoms with Crippen LogP contribution in [-0.2, 0) is 34.9 Å². The van der Waals surface area contributed by atoms with Crippen LogP contribution < -0.4 is 15.2 Å². The van der Waals surface area contributed by atoms with Crippen molar-refractivity contribution in [2.75, 3.05) is 27.9 Å². The average Bonchev–Trinajstić information content (AvgIpc) is 2.73. The topological polar surface area (TPSA) is 159 Å². The molecule has 2 atom stereocenters. The second-order valence-corrected chi connectivity index (χ2v) is 5.72. The molecule has 1 rings (SSSR count). The maximum atomic E-state index is 12.1. The fraction of sp³-hybridized carbons (Fsp3) is 0.444. The normalized spacial score (nSPS) is 12.0.